The lowest BCUT2D eigenvalue weighted by molar-refractivity contribution is -0.113. The third kappa shape index (κ3) is 5.09. The molecule has 1 fully saturated rings. The minimum Gasteiger partial charge on any atom is -0.493 e. The molecular formula is C24H17Cl3N2O4. The van der Waals surface area contributed by atoms with Crippen molar-refractivity contribution in [1.82, 2.24) is 5.32 Å². The summed E-state index contributed by atoms with van der Waals surface area (Å²) in [5.41, 5.74) is 1.93. The van der Waals surface area contributed by atoms with Gasteiger partial charge >= 0.3 is 6.03 Å². The van der Waals surface area contributed by atoms with Crippen LogP contribution < -0.4 is 19.7 Å². The van der Waals surface area contributed by atoms with E-state index >= 15 is 0 Å². The molecule has 1 aliphatic heterocycles. The quantitative estimate of drug-likeness (QED) is 0.315. The summed E-state index contributed by atoms with van der Waals surface area (Å²) in [6.07, 6.45) is 1.56. The number of urea groups is 1. The number of nitrogens with one attached hydrogen (secondary N) is 1. The van der Waals surface area contributed by atoms with Crippen LogP contribution in [0.2, 0.25) is 15.1 Å². The third-order valence-electron chi connectivity index (χ3n) is 4.84. The average molecular weight is 504 g/mol. The van der Waals surface area contributed by atoms with E-state index < -0.39 is 11.9 Å². The zero-order valence-electron chi connectivity index (χ0n) is 17.3. The summed E-state index contributed by atoms with van der Waals surface area (Å²) in [4.78, 5) is 26.2. The van der Waals surface area contributed by atoms with Crippen molar-refractivity contribution in [2.45, 2.75) is 6.61 Å². The molecule has 168 valence electrons. The van der Waals surface area contributed by atoms with E-state index in [0.29, 0.717) is 37.8 Å². The Morgan fingerprint density at radius 1 is 0.939 bits per heavy atom. The number of hydrogen-bond donors (Lipinski definition) is 1. The highest BCUT2D eigenvalue weighted by Crippen LogP contribution is 2.32. The first-order valence-electron chi connectivity index (χ1n) is 9.73. The molecular weight excluding hydrogens is 487 g/mol. The molecule has 3 aromatic rings. The van der Waals surface area contributed by atoms with E-state index in [4.69, 9.17) is 44.3 Å². The summed E-state index contributed by atoms with van der Waals surface area (Å²) in [6, 6.07) is 16.3. The highest BCUT2D eigenvalue weighted by molar-refractivity contribution is 6.35. The Labute approximate surface area is 205 Å². The number of imide groups is 1. The van der Waals surface area contributed by atoms with E-state index in [1.165, 1.54) is 7.11 Å². The number of ether oxygens (including phenoxy) is 2. The Morgan fingerprint density at radius 2 is 1.73 bits per heavy atom. The van der Waals surface area contributed by atoms with E-state index in [2.05, 4.69) is 5.32 Å². The molecule has 1 N–H and O–H groups in total. The molecule has 0 bridgehead atoms. The molecule has 0 aliphatic carbocycles. The summed E-state index contributed by atoms with van der Waals surface area (Å²) in [5.74, 6) is 0.463. The van der Waals surface area contributed by atoms with Crippen LogP contribution >= 0.6 is 34.8 Å². The van der Waals surface area contributed by atoms with Crippen LogP contribution in [0.4, 0.5) is 10.5 Å². The number of halogens is 3. The Bertz CT molecular complexity index is 1280. The summed E-state index contributed by atoms with van der Waals surface area (Å²) < 4.78 is 11.3. The summed E-state index contributed by atoms with van der Waals surface area (Å²) in [5, 5.41) is 4.05. The molecule has 3 aromatic carbocycles. The second-order valence-electron chi connectivity index (χ2n) is 7.04. The Balaban J connectivity index is 1.54. The van der Waals surface area contributed by atoms with Crippen molar-refractivity contribution in [2.24, 2.45) is 0 Å². The van der Waals surface area contributed by atoms with Gasteiger partial charge in [-0.1, -0.05) is 53.0 Å². The SMILES string of the molecule is COc1cc(/C=C2/NC(=O)N(c3cccc(Cl)c3)C2=O)ccc1OCc1ccc(Cl)cc1Cl. The number of rotatable bonds is 6. The van der Waals surface area contributed by atoms with Crippen LogP contribution in [0.1, 0.15) is 11.1 Å². The predicted octanol–water partition coefficient (Wildman–Crippen LogP) is 6.33. The number of amides is 3. The summed E-state index contributed by atoms with van der Waals surface area (Å²) in [6.45, 7) is 0.218. The number of anilines is 1. The lowest BCUT2D eigenvalue weighted by Gasteiger charge is -2.12. The predicted molar refractivity (Wildman–Crippen MR) is 129 cm³/mol. The monoisotopic (exact) mass is 502 g/mol. The van der Waals surface area contributed by atoms with Gasteiger partial charge < -0.3 is 14.8 Å². The first-order valence-corrected chi connectivity index (χ1v) is 10.9. The smallest absolute Gasteiger partial charge is 0.333 e. The lowest BCUT2D eigenvalue weighted by Crippen LogP contribution is -2.30. The molecule has 0 saturated carbocycles. The zero-order chi connectivity index (χ0) is 23.5. The lowest BCUT2D eigenvalue weighted by atomic mass is 10.1. The van der Waals surface area contributed by atoms with Crippen molar-refractivity contribution in [3.8, 4) is 11.5 Å². The van der Waals surface area contributed by atoms with Crippen LogP contribution in [-0.2, 0) is 11.4 Å². The topological polar surface area (TPSA) is 67.9 Å². The van der Waals surface area contributed by atoms with Gasteiger partial charge in [-0.2, -0.15) is 0 Å². The van der Waals surface area contributed by atoms with Crippen LogP contribution in [-0.4, -0.2) is 19.0 Å². The first-order chi connectivity index (χ1) is 15.9. The standard InChI is InChI=1S/C24H17Cl3N2O4/c1-32-22-10-14(5-8-21(22)33-13-15-6-7-17(26)12-19(15)27)9-20-23(30)29(24(31)28-20)18-4-2-3-16(25)11-18/h2-12H,13H2,1H3,(H,28,31)/b20-9+. The molecule has 1 heterocycles. The van der Waals surface area contributed by atoms with Gasteiger partial charge in [0.2, 0.25) is 0 Å². The van der Waals surface area contributed by atoms with Gasteiger partial charge in [0.1, 0.15) is 12.3 Å². The molecule has 33 heavy (non-hydrogen) atoms. The maximum atomic E-state index is 12.8. The molecule has 6 nitrogen and oxygen atoms in total. The van der Waals surface area contributed by atoms with Crippen LogP contribution in [0.3, 0.4) is 0 Å². The Morgan fingerprint density at radius 3 is 2.45 bits per heavy atom. The highest BCUT2D eigenvalue weighted by atomic mass is 35.5. The van der Waals surface area contributed by atoms with Crippen molar-refractivity contribution >= 4 is 58.5 Å². The Kier molecular flexibility index (Phi) is 6.79. The fraction of sp³-hybridized carbons (Fsp3) is 0.0833. The molecule has 0 spiro atoms. The molecule has 9 heteroatoms. The maximum Gasteiger partial charge on any atom is 0.333 e. The van der Waals surface area contributed by atoms with E-state index in [9.17, 15) is 9.59 Å². The van der Waals surface area contributed by atoms with Crippen molar-refractivity contribution < 1.29 is 19.1 Å². The number of carbonyl (C=O) groups excluding carboxylic acids is 2. The van der Waals surface area contributed by atoms with Gasteiger partial charge in [0, 0.05) is 20.6 Å². The maximum absolute atomic E-state index is 12.8. The molecule has 0 radical (unpaired) electrons. The van der Waals surface area contributed by atoms with Gasteiger partial charge in [-0.3, -0.25) is 4.79 Å². The second-order valence-corrected chi connectivity index (χ2v) is 8.32. The molecule has 1 saturated heterocycles. The van der Waals surface area contributed by atoms with Gasteiger partial charge in [-0.05, 0) is 54.1 Å². The largest absolute Gasteiger partial charge is 0.493 e. The minimum absolute atomic E-state index is 0.128. The molecule has 0 unspecified atom stereocenters. The third-order valence-corrected chi connectivity index (χ3v) is 5.66. The second kappa shape index (κ2) is 9.75. The minimum atomic E-state index is -0.555. The first kappa shape index (κ1) is 23.0. The number of carbonyl (C=O) groups is 2. The molecule has 0 aromatic heterocycles. The Hall–Kier alpha value is -3.19. The van der Waals surface area contributed by atoms with Gasteiger partial charge in [0.25, 0.3) is 5.91 Å². The summed E-state index contributed by atoms with van der Waals surface area (Å²) in [7, 11) is 1.51. The fourth-order valence-electron chi connectivity index (χ4n) is 3.24. The van der Waals surface area contributed by atoms with Crippen LogP contribution in [0.5, 0.6) is 11.5 Å². The van der Waals surface area contributed by atoms with E-state index in [-0.39, 0.29) is 12.3 Å². The molecule has 3 amide bonds. The van der Waals surface area contributed by atoms with Crippen molar-refractivity contribution in [3.05, 3.63) is 92.6 Å². The van der Waals surface area contributed by atoms with Crippen LogP contribution in [0, 0.1) is 0 Å². The van der Waals surface area contributed by atoms with Crippen molar-refractivity contribution in [1.29, 1.82) is 0 Å². The van der Waals surface area contributed by atoms with Gasteiger partial charge in [0.15, 0.2) is 11.5 Å². The van der Waals surface area contributed by atoms with Crippen LogP contribution in [0.25, 0.3) is 6.08 Å². The highest BCUT2D eigenvalue weighted by Gasteiger charge is 2.35. The van der Waals surface area contributed by atoms with Crippen LogP contribution in [0.15, 0.2) is 66.4 Å². The van der Waals surface area contributed by atoms with Crippen molar-refractivity contribution in [2.75, 3.05) is 12.0 Å². The fourth-order valence-corrected chi connectivity index (χ4v) is 3.89. The normalized spacial score (nSPS) is 14.5. The number of hydrogen-bond acceptors (Lipinski definition) is 4. The number of nitrogens with zero attached hydrogens (tertiary/aromatic N) is 1. The van der Waals surface area contributed by atoms with E-state index in [0.717, 1.165) is 10.5 Å². The van der Waals surface area contributed by atoms with Gasteiger partial charge in [-0.15, -0.1) is 0 Å². The summed E-state index contributed by atoms with van der Waals surface area (Å²) >= 11 is 18.1. The molecule has 4 rings (SSSR count). The zero-order valence-corrected chi connectivity index (χ0v) is 19.5. The van der Waals surface area contributed by atoms with Crippen molar-refractivity contribution in [3.63, 3.8) is 0 Å². The van der Waals surface area contributed by atoms with Gasteiger partial charge in [-0.25, -0.2) is 9.69 Å². The van der Waals surface area contributed by atoms with E-state index in [1.807, 2.05) is 0 Å². The van der Waals surface area contributed by atoms with Gasteiger partial charge in [0.05, 0.1) is 12.8 Å². The average Bonchev–Trinajstić information content (AvgIpc) is 3.06. The molecule has 0 atom stereocenters. The number of methoxy groups -OCH3 is 1. The van der Waals surface area contributed by atoms with E-state index in [1.54, 1.807) is 66.7 Å². The molecule has 1 aliphatic rings. The number of benzene rings is 3.